The molecule has 0 spiro atoms. The predicted octanol–water partition coefficient (Wildman–Crippen LogP) is 0.450. The Labute approximate surface area is 121 Å². The summed E-state index contributed by atoms with van der Waals surface area (Å²) in [7, 11) is 0. The average molecular weight is 281 g/mol. The van der Waals surface area contributed by atoms with Crippen LogP contribution in [0, 0.1) is 0 Å². The van der Waals surface area contributed by atoms with Crippen LogP contribution in [0.15, 0.2) is 0 Å². The summed E-state index contributed by atoms with van der Waals surface area (Å²) in [5, 5.41) is 3.31. The van der Waals surface area contributed by atoms with Crippen LogP contribution < -0.4 is 5.32 Å². The molecule has 3 rings (SSSR count). The van der Waals surface area contributed by atoms with Crippen LogP contribution in [0.1, 0.15) is 32.6 Å². The molecule has 3 fully saturated rings. The van der Waals surface area contributed by atoms with Crippen molar-refractivity contribution in [3.8, 4) is 0 Å². The van der Waals surface area contributed by atoms with Gasteiger partial charge >= 0.3 is 0 Å². The highest BCUT2D eigenvalue weighted by molar-refractivity contribution is 5.81. The van der Waals surface area contributed by atoms with Crippen LogP contribution in [0.3, 0.4) is 0 Å². The standard InChI is InChI=1S/C15H27N3O2/c1-12(15(19)17-8-6-16-7-9-17)18-10-11-20-14-5-3-2-4-13(14)18/h12-14,16H,2-11H2,1H3. The molecule has 2 saturated heterocycles. The van der Waals surface area contributed by atoms with E-state index in [1.54, 1.807) is 0 Å². The first-order chi connectivity index (χ1) is 9.77. The van der Waals surface area contributed by atoms with E-state index in [0.29, 0.717) is 18.1 Å². The summed E-state index contributed by atoms with van der Waals surface area (Å²) in [6.07, 6.45) is 5.25. The van der Waals surface area contributed by atoms with Gasteiger partial charge in [-0.25, -0.2) is 0 Å². The number of carbonyl (C=O) groups is 1. The second-order valence-electron chi connectivity index (χ2n) is 6.25. The quantitative estimate of drug-likeness (QED) is 0.798. The molecule has 2 heterocycles. The number of nitrogens with one attached hydrogen (secondary N) is 1. The molecular formula is C15H27N3O2. The van der Waals surface area contributed by atoms with E-state index < -0.39 is 0 Å². The molecule has 5 nitrogen and oxygen atoms in total. The zero-order valence-corrected chi connectivity index (χ0v) is 12.5. The lowest BCUT2D eigenvalue weighted by atomic mass is 9.89. The zero-order chi connectivity index (χ0) is 13.9. The lowest BCUT2D eigenvalue weighted by molar-refractivity contribution is -0.147. The van der Waals surface area contributed by atoms with Gasteiger partial charge in [-0.1, -0.05) is 12.8 Å². The summed E-state index contributed by atoms with van der Waals surface area (Å²) in [5.41, 5.74) is 0. The minimum absolute atomic E-state index is 0.00241. The van der Waals surface area contributed by atoms with E-state index in [1.165, 1.54) is 19.3 Å². The number of amides is 1. The lowest BCUT2D eigenvalue weighted by Gasteiger charge is -2.47. The molecule has 0 radical (unpaired) electrons. The first-order valence-electron chi connectivity index (χ1n) is 8.14. The first-order valence-corrected chi connectivity index (χ1v) is 8.14. The number of ether oxygens (including phenoxy) is 1. The van der Waals surface area contributed by atoms with Crippen molar-refractivity contribution < 1.29 is 9.53 Å². The molecule has 0 bridgehead atoms. The second-order valence-corrected chi connectivity index (χ2v) is 6.25. The minimum atomic E-state index is 0.00241. The van der Waals surface area contributed by atoms with Gasteiger partial charge in [0.1, 0.15) is 0 Å². The van der Waals surface area contributed by atoms with Crippen LogP contribution >= 0.6 is 0 Å². The number of hydrogen-bond acceptors (Lipinski definition) is 4. The van der Waals surface area contributed by atoms with E-state index in [9.17, 15) is 4.79 Å². The maximum absolute atomic E-state index is 12.7. The SMILES string of the molecule is CC(C(=O)N1CCNCC1)N1CCOC2CCCCC21. The molecule has 0 aromatic heterocycles. The van der Waals surface area contributed by atoms with E-state index >= 15 is 0 Å². The molecule has 3 unspecified atom stereocenters. The summed E-state index contributed by atoms with van der Waals surface area (Å²) in [6.45, 7) is 7.31. The summed E-state index contributed by atoms with van der Waals surface area (Å²) in [6, 6.07) is 0.460. The van der Waals surface area contributed by atoms with Crippen LogP contribution in [0.4, 0.5) is 0 Å². The Morgan fingerprint density at radius 3 is 2.75 bits per heavy atom. The van der Waals surface area contributed by atoms with Crippen molar-refractivity contribution in [2.24, 2.45) is 0 Å². The Morgan fingerprint density at radius 2 is 1.95 bits per heavy atom. The van der Waals surface area contributed by atoms with Crippen LogP contribution in [0.2, 0.25) is 0 Å². The van der Waals surface area contributed by atoms with E-state index in [1.807, 2.05) is 4.90 Å². The number of fused-ring (bicyclic) bond motifs is 1. The van der Waals surface area contributed by atoms with Crippen molar-refractivity contribution in [3.63, 3.8) is 0 Å². The van der Waals surface area contributed by atoms with Crippen molar-refractivity contribution in [1.82, 2.24) is 15.1 Å². The molecule has 2 aliphatic heterocycles. The van der Waals surface area contributed by atoms with Crippen molar-refractivity contribution in [2.75, 3.05) is 39.3 Å². The molecule has 5 heteroatoms. The zero-order valence-electron chi connectivity index (χ0n) is 12.5. The van der Waals surface area contributed by atoms with Gasteiger partial charge < -0.3 is 15.0 Å². The Kier molecular flexibility index (Phi) is 4.58. The number of nitrogens with zero attached hydrogens (tertiary/aromatic N) is 2. The van der Waals surface area contributed by atoms with Crippen molar-refractivity contribution in [3.05, 3.63) is 0 Å². The second kappa shape index (κ2) is 6.41. The molecule has 114 valence electrons. The number of rotatable bonds is 2. The van der Waals surface area contributed by atoms with Gasteiger partial charge in [-0.05, 0) is 19.8 Å². The van der Waals surface area contributed by atoms with Gasteiger partial charge in [-0.3, -0.25) is 9.69 Å². The predicted molar refractivity (Wildman–Crippen MR) is 77.6 cm³/mol. The Bertz CT molecular complexity index is 342. The van der Waals surface area contributed by atoms with E-state index in [-0.39, 0.29) is 6.04 Å². The third kappa shape index (κ3) is 2.85. The third-order valence-corrected chi connectivity index (χ3v) is 5.06. The fourth-order valence-electron chi connectivity index (χ4n) is 3.90. The number of piperazine rings is 1. The molecule has 0 aromatic carbocycles. The summed E-state index contributed by atoms with van der Waals surface area (Å²) < 4.78 is 5.91. The molecule has 3 atom stereocenters. The van der Waals surface area contributed by atoms with Gasteiger partial charge in [0.15, 0.2) is 0 Å². The summed E-state index contributed by atoms with van der Waals surface area (Å²) in [4.78, 5) is 17.1. The highest BCUT2D eigenvalue weighted by atomic mass is 16.5. The number of morpholine rings is 1. The van der Waals surface area contributed by atoms with E-state index in [0.717, 1.165) is 45.8 Å². The minimum Gasteiger partial charge on any atom is -0.375 e. The van der Waals surface area contributed by atoms with Gasteiger partial charge in [0.2, 0.25) is 5.91 Å². The maximum Gasteiger partial charge on any atom is 0.239 e. The maximum atomic E-state index is 12.7. The number of carbonyl (C=O) groups excluding carboxylic acids is 1. The van der Waals surface area contributed by atoms with Crippen LogP contribution in [0.25, 0.3) is 0 Å². The molecule has 1 amide bonds. The van der Waals surface area contributed by atoms with Gasteiger partial charge in [0.25, 0.3) is 0 Å². The van der Waals surface area contributed by atoms with Crippen LogP contribution in [0.5, 0.6) is 0 Å². The molecule has 20 heavy (non-hydrogen) atoms. The van der Waals surface area contributed by atoms with Gasteiger partial charge in [-0.2, -0.15) is 0 Å². The lowest BCUT2D eigenvalue weighted by Crippen LogP contribution is -2.60. The van der Waals surface area contributed by atoms with Crippen molar-refractivity contribution in [1.29, 1.82) is 0 Å². The largest absolute Gasteiger partial charge is 0.375 e. The van der Waals surface area contributed by atoms with Crippen molar-refractivity contribution >= 4 is 5.91 Å². The van der Waals surface area contributed by atoms with Gasteiger partial charge in [0, 0.05) is 38.8 Å². The van der Waals surface area contributed by atoms with Gasteiger partial charge in [-0.15, -0.1) is 0 Å². The molecule has 1 aliphatic carbocycles. The Hall–Kier alpha value is -0.650. The van der Waals surface area contributed by atoms with E-state index in [4.69, 9.17) is 4.74 Å². The summed E-state index contributed by atoms with van der Waals surface area (Å²) >= 11 is 0. The molecule has 0 aromatic rings. The highest BCUT2D eigenvalue weighted by Gasteiger charge is 2.39. The molecule has 1 saturated carbocycles. The monoisotopic (exact) mass is 281 g/mol. The van der Waals surface area contributed by atoms with Crippen LogP contribution in [-0.2, 0) is 9.53 Å². The van der Waals surface area contributed by atoms with Crippen molar-refractivity contribution in [2.45, 2.75) is 50.8 Å². The number of hydrogen-bond donors (Lipinski definition) is 1. The topological polar surface area (TPSA) is 44.8 Å². The van der Waals surface area contributed by atoms with E-state index in [2.05, 4.69) is 17.1 Å². The Morgan fingerprint density at radius 1 is 1.20 bits per heavy atom. The first kappa shape index (κ1) is 14.3. The molecule has 1 N–H and O–H groups in total. The highest BCUT2D eigenvalue weighted by Crippen LogP contribution is 2.30. The average Bonchev–Trinajstić information content (AvgIpc) is 2.54. The summed E-state index contributed by atoms with van der Waals surface area (Å²) in [5.74, 6) is 0.303. The Balaban J connectivity index is 1.65. The third-order valence-electron chi connectivity index (χ3n) is 5.06. The van der Waals surface area contributed by atoms with Gasteiger partial charge in [0.05, 0.1) is 18.8 Å². The fraction of sp³-hybridized carbons (Fsp3) is 0.933. The normalized spacial score (nSPS) is 33.5. The molecule has 3 aliphatic rings. The van der Waals surface area contributed by atoms with Crippen LogP contribution in [-0.4, -0.2) is 73.2 Å². The smallest absolute Gasteiger partial charge is 0.239 e. The fourth-order valence-corrected chi connectivity index (χ4v) is 3.90. The molecular weight excluding hydrogens is 254 g/mol.